The molecule has 4 nitrogen and oxygen atoms in total. The van der Waals surface area contributed by atoms with Crippen molar-refractivity contribution in [2.24, 2.45) is 11.7 Å². The van der Waals surface area contributed by atoms with Crippen LogP contribution in [0, 0.1) is 5.92 Å². The van der Waals surface area contributed by atoms with Crippen LogP contribution >= 0.6 is 0 Å². The number of alkyl carbamates (subject to hydrolysis) is 1. The molecule has 0 aromatic heterocycles. The second kappa shape index (κ2) is 5.83. The standard InChI is InChI=1S/C8H18N2O2/c1-6(2)4-7(5-9)10-8(11)12-3/h6-7H,4-5,9H2,1-3H3,(H,10,11). The van der Waals surface area contributed by atoms with Crippen molar-refractivity contribution >= 4 is 6.09 Å². The van der Waals surface area contributed by atoms with E-state index in [-0.39, 0.29) is 6.04 Å². The van der Waals surface area contributed by atoms with Gasteiger partial charge in [0.25, 0.3) is 0 Å². The summed E-state index contributed by atoms with van der Waals surface area (Å²) in [5.41, 5.74) is 5.45. The van der Waals surface area contributed by atoms with Gasteiger partial charge in [-0.05, 0) is 12.3 Å². The van der Waals surface area contributed by atoms with E-state index in [4.69, 9.17) is 5.73 Å². The minimum absolute atomic E-state index is 0.0254. The number of nitrogens with two attached hydrogens (primary N) is 1. The molecule has 12 heavy (non-hydrogen) atoms. The Labute approximate surface area is 73.5 Å². The number of ether oxygens (including phenoxy) is 1. The first kappa shape index (κ1) is 11.2. The first-order valence-electron chi connectivity index (χ1n) is 4.14. The number of methoxy groups -OCH3 is 1. The highest BCUT2D eigenvalue weighted by Crippen LogP contribution is 2.03. The predicted molar refractivity (Wildman–Crippen MR) is 47.8 cm³/mol. The van der Waals surface area contributed by atoms with Crippen molar-refractivity contribution in [1.29, 1.82) is 0 Å². The van der Waals surface area contributed by atoms with Crippen LogP contribution in [-0.2, 0) is 4.74 Å². The maximum absolute atomic E-state index is 10.8. The van der Waals surface area contributed by atoms with E-state index in [2.05, 4.69) is 23.9 Å². The zero-order valence-electron chi connectivity index (χ0n) is 7.96. The number of hydrogen-bond acceptors (Lipinski definition) is 3. The lowest BCUT2D eigenvalue weighted by Crippen LogP contribution is -2.40. The Morgan fingerprint density at radius 1 is 1.58 bits per heavy atom. The van der Waals surface area contributed by atoms with E-state index in [0.29, 0.717) is 12.5 Å². The number of hydrogen-bond donors (Lipinski definition) is 2. The minimum atomic E-state index is -0.411. The van der Waals surface area contributed by atoms with Crippen molar-refractivity contribution in [1.82, 2.24) is 5.32 Å². The Morgan fingerprint density at radius 3 is 2.50 bits per heavy atom. The molecule has 1 amide bonds. The third kappa shape index (κ3) is 4.96. The van der Waals surface area contributed by atoms with Gasteiger partial charge in [-0.1, -0.05) is 13.8 Å². The van der Waals surface area contributed by atoms with Crippen LogP contribution in [0.1, 0.15) is 20.3 Å². The lowest BCUT2D eigenvalue weighted by molar-refractivity contribution is 0.165. The monoisotopic (exact) mass is 174 g/mol. The summed E-state index contributed by atoms with van der Waals surface area (Å²) in [4.78, 5) is 10.8. The molecule has 0 aromatic rings. The molecule has 0 saturated carbocycles. The molecule has 0 saturated heterocycles. The number of carbonyl (C=O) groups excluding carboxylic acids is 1. The molecule has 1 unspecified atom stereocenters. The maximum atomic E-state index is 10.8. The van der Waals surface area contributed by atoms with Crippen molar-refractivity contribution in [3.8, 4) is 0 Å². The average molecular weight is 174 g/mol. The first-order valence-corrected chi connectivity index (χ1v) is 4.14. The summed E-state index contributed by atoms with van der Waals surface area (Å²) in [6.45, 7) is 4.62. The fourth-order valence-electron chi connectivity index (χ4n) is 1.01. The minimum Gasteiger partial charge on any atom is -0.453 e. The Bertz CT molecular complexity index is 137. The van der Waals surface area contributed by atoms with Gasteiger partial charge < -0.3 is 15.8 Å². The van der Waals surface area contributed by atoms with E-state index in [9.17, 15) is 4.79 Å². The second-order valence-electron chi connectivity index (χ2n) is 3.20. The van der Waals surface area contributed by atoms with Crippen LogP contribution in [0.3, 0.4) is 0 Å². The van der Waals surface area contributed by atoms with E-state index in [1.54, 1.807) is 0 Å². The molecule has 0 spiro atoms. The molecule has 0 aromatic carbocycles. The molecule has 0 aliphatic carbocycles. The second-order valence-corrected chi connectivity index (χ2v) is 3.20. The topological polar surface area (TPSA) is 64.3 Å². The molecule has 0 aliphatic heterocycles. The van der Waals surface area contributed by atoms with Gasteiger partial charge in [-0.25, -0.2) is 4.79 Å². The highest BCUT2D eigenvalue weighted by atomic mass is 16.5. The molecule has 1 atom stereocenters. The Hall–Kier alpha value is -0.770. The molecule has 0 aliphatic rings. The molecular formula is C8H18N2O2. The molecular weight excluding hydrogens is 156 g/mol. The van der Waals surface area contributed by atoms with Gasteiger partial charge in [0.2, 0.25) is 0 Å². The third-order valence-electron chi connectivity index (χ3n) is 1.55. The summed E-state index contributed by atoms with van der Waals surface area (Å²) in [6.07, 6.45) is 0.470. The Morgan fingerprint density at radius 2 is 2.17 bits per heavy atom. The largest absolute Gasteiger partial charge is 0.453 e. The fourth-order valence-corrected chi connectivity index (χ4v) is 1.01. The highest BCUT2D eigenvalue weighted by Gasteiger charge is 2.11. The average Bonchev–Trinajstić information content (AvgIpc) is 2.02. The van der Waals surface area contributed by atoms with Gasteiger partial charge in [0.15, 0.2) is 0 Å². The number of amides is 1. The van der Waals surface area contributed by atoms with Gasteiger partial charge in [-0.3, -0.25) is 0 Å². The van der Waals surface area contributed by atoms with Crippen LogP contribution in [0.25, 0.3) is 0 Å². The molecule has 0 radical (unpaired) electrons. The van der Waals surface area contributed by atoms with Gasteiger partial charge in [0, 0.05) is 12.6 Å². The molecule has 0 bridgehead atoms. The number of carbonyl (C=O) groups is 1. The smallest absolute Gasteiger partial charge is 0.407 e. The van der Waals surface area contributed by atoms with Crippen molar-refractivity contribution in [2.45, 2.75) is 26.3 Å². The lowest BCUT2D eigenvalue weighted by Gasteiger charge is -2.17. The summed E-state index contributed by atoms with van der Waals surface area (Å²) >= 11 is 0. The molecule has 72 valence electrons. The predicted octanol–water partition coefficient (Wildman–Crippen LogP) is 0.716. The third-order valence-corrected chi connectivity index (χ3v) is 1.55. The normalized spacial score (nSPS) is 12.8. The van der Waals surface area contributed by atoms with Gasteiger partial charge >= 0.3 is 6.09 Å². The SMILES string of the molecule is COC(=O)NC(CN)CC(C)C. The van der Waals surface area contributed by atoms with Gasteiger partial charge in [-0.2, -0.15) is 0 Å². The summed E-state index contributed by atoms with van der Waals surface area (Å²) < 4.78 is 4.46. The molecule has 0 rings (SSSR count). The summed E-state index contributed by atoms with van der Waals surface area (Å²) in [6, 6.07) is 0.0254. The highest BCUT2D eigenvalue weighted by molar-refractivity contribution is 5.67. The van der Waals surface area contributed by atoms with E-state index < -0.39 is 6.09 Å². The molecule has 0 heterocycles. The summed E-state index contributed by atoms with van der Waals surface area (Å²) in [5.74, 6) is 0.524. The van der Waals surface area contributed by atoms with Crippen molar-refractivity contribution < 1.29 is 9.53 Å². The van der Waals surface area contributed by atoms with Crippen LogP contribution in [0.15, 0.2) is 0 Å². The van der Waals surface area contributed by atoms with Crippen LogP contribution in [0.4, 0.5) is 4.79 Å². The van der Waals surface area contributed by atoms with Crippen LogP contribution < -0.4 is 11.1 Å². The zero-order valence-corrected chi connectivity index (χ0v) is 7.96. The van der Waals surface area contributed by atoms with Gasteiger partial charge in [0.05, 0.1) is 7.11 Å². The number of rotatable bonds is 4. The summed E-state index contributed by atoms with van der Waals surface area (Å²) in [5, 5.41) is 2.66. The zero-order chi connectivity index (χ0) is 9.56. The van der Waals surface area contributed by atoms with Crippen molar-refractivity contribution in [3.05, 3.63) is 0 Å². The van der Waals surface area contributed by atoms with Crippen LogP contribution in [-0.4, -0.2) is 25.8 Å². The Kier molecular flexibility index (Phi) is 5.45. The van der Waals surface area contributed by atoms with Crippen molar-refractivity contribution in [2.75, 3.05) is 13.7 Å². The molecule has 0 fully saturated rings. The van der Waals surface area contributed by atoms with Gasteiger partial charge in [0.1, 0.15) is 0 Å². The lowest BCUT2D eigenvalue weighted by atomic mass is 10.0. The summed E-state index contributed by atoms with van der Waals surface area (Å²) in [7, 11) is 1.35. The molecule has 3 N–H and O–H groups in total. The van der Waals surface area contributed by atoms with Crippen molar-refractivity contribution in [3.63, 3.8) is 0 Å². The fraction of sp³-hybridized carbons (Fsp3) is 0.875. The Balaban J connectivity index is 3.74. The number of nitrogens with one attached hydrogen (secondary N) is 1. The van der Waals surface area contributed by atoms with E-state index in [0.717, 1.165) is 6.42 Å². The van der Waals surface area contributed by atoms with Crippen LogP contribution in [0.2, 0.25) is 0 Å². The molecule has 4 heteroatoms. The van der Waals surface area contributed by atoms with Gasteiger partial charge in [-0.15, -0.1) is 0 Å². The first-order chi connectivity index (χ1) is 5.60. The van der Waals surface area contributed by atoms with E-state index in [1.807, 2.05) is 0 Å². The van der Waals surface area contributed by atoms with Crippen LogP contribution in [0.5, 0.6) is 0 Å². The quantitative estimate of drug-likeness (QED) is 0.660. The van der Waals surface area contributed by atoms with E-state index >= 15 is 0 Å². The maximum Gasteiger partial charge on any atom is 0.407 e. The van der Waals surface area contributed by atoms with E-state index in [1.165, 1.54) is 7.11 Å².